The Morgan fingerprint density at radius 1 is 0.913 bits per heavy atom. The molecule has 0 aromatic carbocycles. The van der Waals surface area contributed by atoms with Gasteiger partial charge in [-0.3, -0.25) is 9.05 Å². The van der Waals surface area contributed by atoms with E-state index in [0.29, 0.717) is 0 Å². The summed E-state index contributed by atoms with van der Waals surface area (Å²) in [7, 11) is -15.7. The maximum atomic E-state index is 11.3. The van der Waals surface area contributed by atoms with Gasteiger partial charge in [-0.15, -0.1) is 0 Å². The summed E-state index contributed by atoms with van der Waals surface area (Å²) in [5, 5.41) is 19.0. The van der Waals surface area contributed by atoms with Gasteiger partial charge < -0.3 is 39.4 Å². The Morgan fingerprint density at radius 2 is 1.43 bits per heavy atom. The molecule has 1 rings (SSSR count). The van der Waals surface area contributed by atoms with Gasteiger partial charge in [0.2, 0.25) is 0 Å². The van der Waals surface area contributed by atoms with Crippen molar-refractivity contribution in [3.8, 4) is 0 Å². The first-order valence-electron chi connectivity index (χ1n) is 5.20. The van der Waals surface area contributed by atoms with Crippen LogP contribution in [0.1, 0.15) is 0 Å². The second-order valence-corrected chi connectivity index (χ2v) is 7.98. The number of phosphoric acid groups is 3. The average molecular weight is 413 g/mol. The van der Waals surface area contributed by atoms with E-state index in [-0.39, 0.29) is 29.6 Å². The SMILES string of the molecule is O=P(O)(O)OCC1OC(OP(=O)(O)OP(=O)(O)O)C(O)C1O.[Na]. The minimum Gasteiger partial charge on any atom is -0.387 e. The van der Waals surface area contributed by atoms with E-state index in [1.54, 1.807) is 0 Å². The molecule has 14 nitrogen and oxygen atoms in total. The summed E-state index contributed by atoms with van der Waals surface area (Å²) in [5.74, 6) is 0. The topological polar surface area (TPSA) is 230 Å². The van der Waals surface area contributed by atoms with Crippen molar-refractivity contribution in [3.63, 3.8) is 0 Å². The molecule has 5 atom stereocenters. The molecule has 0 aromatic heterocycles. The van der Waals surface area contributed by atoms with E-state index in [4.69, 9.17) is 24.5 Å². The largest absolute Gasteiger partial charge is 0.483 e. The van der Waals surface area contributed by atoms with Crippen LogP contribution in [0.25, 0.3) is 0 Å². The van der Waals surface area contributed by atoms with E-state index in [1.165, 1.54) is 0 Å². The van der Waals surface area contributed by atoms with Crippen LogP contribution in [0.3, 0.4) is 0 Å². The normalized spacial score (nSPS) is 31.4. The monoisotopic (exact) mass is 413 g/mol. The summed E-state index contributed by atoms with van der Waals surface area (Å²) in [6, 6.07) is 0. The Bertz CT molecular complexity index is 527. The number of phosphoric ester groups is 2. The molecule has 0 bridgehead atoms. The Labute approximate surface area is 150 Å². The molecule has 1 heterocycles. The van der Waals surface area contributed by atoms with E-state index in [0.717, 1.165) is 0 Å². The molecule has 0 aromatic rings. The van der Waals surface area contributed by atoms with Gasteiger partial charge in [0.1, 0.15) is 18.3 Å². The zero-order valence-electron chi connectivity index (χ0n) is 11.3. The first kappa shape index (κ1) is 24.2. The van der Waals surface area contributed by atoms with Crippen molar-refractivity contribution < 1.29 is 66.5 Å². The van der Waals surface area contributed by atoms with Crippen LogP contribution in [-0.4, -0.2) is 95.4 Å². The third-order valence-corrected chi connectivity index (χ3v) is 4.81. The smallest absolute Gasteiger partial charge is 0.387 e. The van der Waals surface area contributed by atoms with Gasteiger partial charge in [0, 0.05) is 29.6 Å². The third kappa shape index (κ3) is 8.95. The molecule has 1 aliphatic heterocycles. The molecule has 0 spiro atoms. The zero-order chi connectivity index (χ0) is 17.3. The second-order valence-electron chi connectivity index (χ2n) is 3.96. The molecule has 1 aliphatic rings. The van der Waals surface area contributed by atoms with Crippen molar-refractivity contribution in [2.45, 2.75) is 24.6 Å². The first-order valence-corrected chi connectivity index (χ1v) is 9.75. The quantitative estimate of drug-likeness (QED) is 0.168. The fourth-order valence-corrected chi connectivity index (χ4v) is 3.40. The molecule has 0 aliphatic carbocycles. The fourth-order valence-electron chi connectivity index (χ4n) is 1.39. The van der Waals surface area contributed by atoms with E-state index in [2.05, 4.69) is 18.1 Å². The number of hydrogen-bond acceptors (Lipinski definition) is 9. The molecule has 23 heavy (non-hydrogen) atoms. The van der Waals surface area contributed by atoms with Gasteiger partial charge >= 0.3 is 23.5 Å². The van der Waals surface area contributed by atoms with Gasteiger partial charge in [0.05, 0.1) is 6.61 Å². The minimum absolute atomic E-state index is 0. The van der Waals surface area contributed by atoms with Crippen LogP contribution in [0.15, 0.2) is 0 Å². The predicted octanol–water partition coefficient (Wildman–Crippen LogP) is -2.61. The van der Waals surface area contributed by atoms with Crippen LogP contribution in [0, 0.1) is 0 Å². The first-order chi connectivity index (χ1) is 9.70. The van der Waals surface area contributed by atoms with Gasteiger partial charge in [0.25, 0.3) is 0 Å². The summed E-state index contributed by atoms with van der Waals surface area (Å²) in [5.41, 5.74) is 0. The van der Waals surface area contributed by atoms with Crippen LogP contribution in [0.5, 0.6) is 0 Å². The van der Waals surface area contributed by atoms with E-state index in [9.17, 15) is 23.9 Å². The van der Waals surface area contributed by atoms with Crippen molar-refractivity contribution in [2.75, 3.05) is 6.61 Å². The predicted molar refractivity (Wildman–Crippen MR) is 68.5 cm³/mol. The van der Waals surface area contributed by atoms with Crippen molar-refractivity contribution in [3.05, 3.63) is 0 Å². The van der Waals surface area contributed by atoms with Crippen molar-refractivity contribution in [1.29, 1.82) is 0 Å². The maximum absolute atomic E-state index is 11.3. The molecule has 5 unspecified atom stereocenters. The maximum Gasteiger partial charge on any atom is 0.483 e. The molecule has 7 N–H and O–H groups in total. The Hall–Kier alpha value is 1.25. The van der Waals surface area contributed by atoms with Gasteiger partial charge in [-0.25, -0.2) is 13.7 Å². The van der Waals surface area contributed by atoms with Gasteiger partial charge in [-0.1, -0.05) is 0 Å². The number of rotatable bonds is 7. The molecular weight excluding hydrogens is 400 g/mol. The Morgan fingerprint density at radius 3 is 1.87 bits per heavy atom. The van der Waals surface area contributed by atoms with E-state index >= 15 is 0 Å². The van der Waals surface area contributed by atoms with Crippen LogP contribution >= 0.6 is 23.5 Å². The summed E-state index contributed by atoms with van der Waals surface area (Å²) in [6.45, 7) is -0.905. The van der Waals surface area contributed by atoms with Crippen molar-refractivity contribution >= 4 is 53.0 Å². The number of aliphatic hydroxyl groups excluding tert-OH is 2. The van der Waals surface area contributed by atoms with Crippen molar-refractivity contribution in [2.24, 2.45) is 0 Å². The van der Waals surface area contributed by atoms with Gasteiger partial charge in [-0.05, 0) is 0 Å². The Balaban J connectivity index is 0.00000484. The second kappa shape index (κ2) is 8.76. The molecule has 18 heteroatoms. The van der Waals surface area contributed by atoms with E-state index < -0.39 is 54.7 Å². The van der Waals surface area contributed by atoms with Crippen LogP contribution in [0.4, 0.5) is 0 Å². The van der Waals surface area contributed by atoms with Crippen molar-refractivity contribution in [1.82, 2.24) is 0 Å². The molecule has 1 fully saturated rings. The molecule has 0 amide bonds. The van der Waals surface area contributed by atoms with Gasteiger partial charge in [-0.2, -0.15) is 4.31 Å². The third-order valence-electron chi connectivity index (χ3n) is 2.17. The summed E-state index contributed by atoms with van der Waals surface area (Å²) < 4.78 is 48.5. The molecule has 1 radical (unpaired) electrons. The van der Waals surface area contributed by atoms with Crippen LogP contribution in [0.2, 0.25) is 0 Å². The molecule has 1 saturated heterocycles. The number of hydrogen-bond donors (Lipinski definition) is 7. The Kier molecular flexibility index (Phi) is 9.24. The summed E-state index contributed by atoms with van der Waals surface area (Å²) in [6.07, 6.45) is -7.43. The van der Waals surface area contributed by atoms with Crippen LogP contribution in [-0.2, 0) is 31.8 Å². The number of ether oxygens (including phenoxy) is 1. The summed E-state index contributed by atoms with van der Waals surface area (Å²) in [4.78, 5) is 42.8. The zero-order valence-corrected chi connectivity index (χ0v) is 16.0. The van der Waals surface area contributed by atoms with Gasteiger partial charge in [0.15, 0.2) is 6.29 Å². The average Bonchev–Trinajstić information content (AvgIpc) is 2.49. The minimum atomic E-state index is -5.39. The molecular formula is C5H13NaO14P3. The molecule has 133 valence electrons. The molecule has 0 saturated carbocycles. The standard InChI is InChI=1S/C5H13O14P3.Na/c6-3-2(1-16-20(8,9)10)17-5(4(3)7)18-22(14,15)19-21(11,12)13;/h2-7H,1H2,(H,14,15)(H2,8,9,10)(H2,11,12,13);. The fraction of sp³-hybridized carbons (Fsp3) is 1.00. The van der Waals surface area contributed by atoms with Crippen LogP contribution < -0.4 is 0 Å². The number of aliphatic hydroxyl groups is 2. The van der Waals surface area contributed by atoms with E-state index in [1.807, 2.05) is 0 Å². The summed E-state index contributed by atoms with van der Waals surface area (Å²) >= 11 is 0.